The lowest BCUT2D eigenvalue weighted by molar-refractivity contribution is -0.275. The highest BCUT2D eigenvalue weighted by Gasteiger charge is 2.54. The molecule has 6 aromatic carbocycles. The first-order chi connectivity index (χ1) is 37.0. The van der Waals surface area contributed by atoms with E-state index in [0.717, 1.165) is 45.9 Å². The maximum atomic E-state index is 14.6. The summed E-state index contributed by atoms with van der Waals surface area (Å²) in [6, 6.07) is 36.7. The van der Waals surface area contributed by atoms with Crippen LogP contribution in [0.25, 0.3) is 22.3 Å². The maximum absolute atomic E-state index is 14.6. The summed E-state index contributed by atoms with van der Waals surface area (Å²) >= 11 is 0. The predicted octanol–water partition coefficient (Wildman–Crippen LogP) is 7.80. The van der Waals surface area contributed by atoms with Gasteiger partial charge in [-0.3, -0.25) is 24.0 Å². The summed E-state index contributed by atoms with van der Waals surface area (Å²) in [7, 11) is 0. The van der Waals surface area contributed by atoms with Gasteiger partial charge in [0.15, 0.2) is 29.5 Å². The monoisotopic (exact) mass is 1050 g/mol. The quantitative estimate of drug-likeness (QED) is 0.0508. The second kappa shape index (κ2) is 23.9. The van der Waals surface area contributed by atoms with Gasteiger partial charge in [-0.15, -0.1) is 0 Å². The van der Waals surface area contributed by atoms with Crippen molar-refractivity contribution in [2.45, 2.75) is 58.4 Å². The largest absolute Gasteiger partial charge is 0.460 e. The zero-order chi connectivity index (χ0) is 54.8. The Labute approximate surface area is 436 Å². The standard InChI is InChI=1S/C57H44O20/c1-31(58)68-41-26-25-39(27-42(41)69-32(2)59)48-50(71-34(4)61)47(62)46-43(70-33(3)60)28-40(29-44(46)73-48)72-57-52(77-56(66)38-23-15-8-16-24-38)51(76-55(65)37-21-13-7-14-22-37)49(75-54(64)36-19-11-6-12-20-36)45(74-57)30-67-53(63)35-17-9-5-10-18-35/h5-29,45,49,51-52,57H,30H2,1-4H3/t45-,49-,51+,52-,57-/m1/s1. The van der Waals surface area contributed by atoms with E-state index in [4.69, 9.17) is 51.8 Å². The Morgan fingerprint density at radius 3 is 1.43 bits per heavy atom. The summed E-state index contributed by atoms with van der Waals surface area (Å²) in [6.45, 7) is 3.51. The van der Waals surface area contributed by atoms with Gasteiger partial charge in [-0.05, 0) is 66.7 Å². The van der Waals surface area contributed by atoms with E-state index in [-0.39, 0.29) is 45.1 Å². The van der Waals surface area contributed by atoms with Crippen molar-refractivity contribution in [3.8, 4) is 40.1 Å². The first-order valence-electron chi connectivity index (χ1n) is 23.4. The minimum Gasteiger partial charge on any atom is -0.460 e. The molecule has 0 saturated carbocycles. The first kappa shape index (κ1) is 53.3. The summed E-state index contributed by atoms with van der Waals surface area (Å²) in [6.07, 6.45) is -9.05. The fourth-order valence-corrected chi connectivity index (χ4v) is 7.85. The normalized spacial score (nSPS) is 16.6. The third kappa shape index (κ3) is 13.1. The van der Waals surface area contributed by atoms with Crippen LogP contribution in [0.3, 0.4) is 0 Å². The number of ether oxygens (including phenoxy) is 10. The van der Waals surface area contributed by atoms with E-state index in [9.17, 15) is 43.2 Å². The highest BCUT2D eigenvalue weighted by molar-refractivity contribution is 5.93. The highest BCUT2D eigenvalue weighted by Crippen LogP contribution is 2.41. The van der Waals surface area contributed by atoms with Gasteiger partial charge in [-0.25, -0.2) is 19.2 Å². The second-order valence-electron chi connectivity index (χ2n) is 16.8. The molecule has 7 aromatic rings. The van der Waals surface area contributed by atoms with Crippen LogP contribution in [-0.2, 0) is 42.9 Å². The smallest absolute Gasteiger partial charge is 0.338 e. The van der Waals surface area contributed by atoms with E-state index in [2.05, 4.69) is 0 Å². The van der Waals surface area contributed by atoms with E-state index >= 15 is 0 Å². The molecule has 0 unspecified atom stereocenters. The van der Waals surface area contributed by atoms with Gasteiger partial charge in [0.05, 0.1) is 22.3 Å². The summed E-state index contributed by atoms with van der Waals surface area (Å²) in [5.41, 5.74) is -1.32. The molecule has 20 nitrogen and oxygen atoms in total. The van der Waals surface area contributed by atoms with Crippen molar-refractivity contribution < 1.29 is 90.1 Å². The van der Waals surface area contributed by atoms with Crippen LogP contribution in [0.2, 0.25) is 0 Å². The van der Waals surface area contributed by atoms with Crippen LogP contribution in [0.4, 0.5) is 0 Å². The van der Waals surface area contributed by atoms with Crippen molar-refractivity contribution in [1.82, 2.24) is 0 Å². The van der Waals surface area contributed by atoms with E-state index in [1.807, 2.05) is 0 Å². The van der Waals surface area contributed by atoms with Crippen molar-refractivity contribution in [3.05, 3.63) is 184 Å². The van der Waals surface area contributed by atoms with Gasteiger partial charge >= 0.3 is 47.8 Å². The molecule has 77 heavy (non-hydrogen) atoms. The van der Waals surface area contributed by atoms with Gasteiger partial charge in [0.1, 0.15) is 35.2 Å². The summed E-state index contributed by atoms with van der Waals surface area (Å²) in [5, 5.41) is -0.464. The van der Waals surface area contributed by atoms with Crippen molar-refractivity contribution in [2.24, 2.45) is 0 Å². The number of fused-ring (bicyclic) bond motifs is 1. The fourth-order valence-electron chi connectivity index (χ4n) is 7.85. The molecule has 0 radical (unpaired) electrons. The molecule has 20 heteroatoms. The third-order valence-electron chi connectivity index (χ3n) is 11.1. The van der Waals surface area contributed by atoms with E-state index < -0.39 is 119 Å². The molecular formula is C57H44O20. The van der Waals surface area contributed by atoms with Crippen LogP contribution in [-0.4, -0.2) is 85.1 Å². The van der Waals surface area contributed by atoms with Crippen LogP contribution in [0.1, 0.15) is 69.1 Å². The Balaban J connectivity index is 1.31. The van der Waals surface area contributed by atoms with Gasteiger partial charge in [0, 0.05) is 45.4 Å². The van der Waals surface area contributed by atoms with E-state index in [0.29, 0.717) is 0 Å². The van der Waals surface area contributed by atoms with E-state index in [1.165, 1.54) is 60.7 Å². The molecule has 8 rings (SSSR count). The Kier molecular flexibility index (Phi) is 16.6. The van der Waals surface area contributed by atoms with Crippen LogP contribution >= 0.6 is 0 Å². The van der Waals surface area contributed by atoms with Crippen molar-refractivity contribution in [1.29, 1.82) is 0 Å². The molecular weight excluding hydrogens is 1000 g/mol. The second-order valence-corrected chi connectivity index (χ2v) is 16.8. The Morgan fingerprint density at radius 1 is 0.468 bits per heavy atom. The number of hydrogen-bond donors (Lipinski definition) is 0. The Hall–Kier alpha value is -9.95. The van der Waals surface area contributed by atoms with Gasteiger partial charge in [-0.1, -0.05) is 72.8 Å². The molecule has 0 spiro atoms. The van der Waals surface area contributed by atoms with Crippen LogP contribution in [0, 0.1) is 0 Å². The minimum absolute atomic E-state index is 0.00891. The molecule has 1 aliphatic heterocycles. The molecule has 1 fully saturated rings. The topological polar surface area (TPSA) is 259 Å². The number of esters is 8. The van der Waals surface area contributed by atoms with E-state index in [1.54, 1.807) is 72.8 Å². The Bertz CT molecular complexity index is 3430. The Morgan fingerprint density at radius 2 is 0.922 bits per heavy atom. The molecule has 1 aliphatic rings. The lowest BCUT2D eigenvalue weighted by Crippen LogP contribution is -2.63. The van der Waals surface area contributed by atoms with Gasteiger partial charge in [0.25, 0.3) is 0 Å². The molecule has 0 aliphatic carbocycles. The summed E-state index contributed by atoms with van der Waals surface area (Å²) in [4.78, 5) is 120. The van der Waals surface area contributed by atoms with Crippen LogP contribution < -0.4 is 29.1 Å². The van der Waals surface area contributed by atoms with Gasteiger partial charge in [-0.2, -0.15) is 0 Å². The molecule has 2 heterocycles. The number of hydrogen-bond acceptors (Lipinski definition) is 20. The molecule has 392 valence electrons. The highest BCUT2D eigenvalue weighted by atomic mass is 16.7. The van der Waals surface area contributed by atoms with Gasteiger partial charge in [0.2, 0.25) is 23.6 Å². The SMILES string of the molecule is CC(=O)Oc1ccc(-c2oc3cc(O[C@@H]4O[C@H](COC(=O)c5ccccc5)[C@@H](OC(=O)c5ccccc5)[C@H](OC(=O)c5ccccc5)[C@H]4OC(=O)c4ccccc4)cc(OC(C)=O)c3c(=O)c2OC(C)=O)cc1OC(C)=O. The molecule has 1 aromatic heterocycles. The van der Waals surface area contributed by atoms with Crippen LogP contribution in [0.15, 0.2) is 161 Å². The number of carbonyl (C=O) groups is 8. The van der Waals surface area contributed by atoms with Crippen molar-refractivity contribution in [3.63, 3.8) is 0 Å². The zero-order valence-corrected chi connectivity index (χ0v) is 41.2. The number of benzene rings is 6. The summed E-state index contributed by atoms with van der Waals surface area (Å²) < 4.78 is 64.8. The molecule has 5 atom stereocenters. The number of carbonyl (C=O) groups excluding carboxylic acids is 8. The lowest BCUT2D eigenvalue weighted by atomic mass is 9.97. The predicted molar refractivity (Wildman–Crippen MR) is 266 cm³/mol. The van der Waals surface area contributed by atoms with Crippen molar-refractivity contribution in [2.75, 3.05) is 6.61 Å². The minimum atomic E-state index is -1.95. The zero-order valence-electron chi connectivity index (χ0n) is 41.2. The lowest BCUT2D eigenvalue weighted by Gasteiger charge is -2.44. The molecule has 1 saturated heterocycles. The molecule has 0 amide bonds. The van der Waals surface area contributed by atoms with Gasteiger partial charge < -0.3 is 51.8 Å². The summed E-state index contributed by atoms with van der Waals surface area (Å²) in [5.74, 6) is -9.84. The van der Waals surface area contributed by atoms with Crippen LogP contribution in [0.5, 0.6) is 28.7 Å². The molecule has 0 bridgehead atoms. The average molecular weight is 1050 g/mol. The first-order valence-corrected chi connectivity index (χ1v) is 23.4. The third-order valence-corrected chi connectivity index (χ3v) is 11.1. The molecule has 0 N–H and O–H groups in total. The number of rotatable bonds is 16. The van der Waals surface area contributed by atoms with Crippen molar-refractivity contribution >= 4 is 58.7 Å². The fraction of sp³-hybridized carbons (Fsp3) is 0.175. The average Bonchev–Trinajstić information content (AvgIpc) is 3.46. The maximum Gasteiger partial charge on any atom is 0.338 e.